The molecule has 1 aliphatic heterocycles. The van der Waals surface area contributed by atoms with Crippen molar-refractivity contribution in [1.82, 2.24) is 4.31 Å². The lowest BCUT2D eigenvalue weighted by Gasteiger charge is -2.26. The van der Waals surface area contributed by atoms with Crippen LogP contribution in [-0.4, -0.2) is 44.9 Å². The van der Waals surface area contributed by atoms with Crippen molar-refractivity contribution >= 4 is 21.6 Å². The number of carbonyl (C=O) groups is 1. The van der Waals surface area contributed by atoms with Gasteiger partial charge in [0, 0.05) is 25.2 Å². The van der Waals surface area contributed by atoms with Gasteiger partial charge in [-0.15, -0.1) is 0 Å². The number of anilines is 1. The fourth-order valence-electron chi connectivity index (χ4n) is 3.32. The molecule has 0 aliphatic carbocycles. The number of carbonyl (C=O) groups excluding carboxylic acids is 1. The first-order chi connectivity index (χ1) is 14.2. The molecule has 2 aromatic rings. The third kappa shape index (κ3) is 5.68. The zero-order chi connectivity index (χ0) is 21.8. The number of benzene rings is 2. The summed E-state index contributed by atoms with van der Waals surface area (Å²) in [4.78, 5) is 12.6. The van der Waals surface area contributed by atoms with Crippen LogP contribution in [0.1, 0.15) is 38.3 Å². The zero-order valence-corrected chi connectivity index (χ0v) is 18.7. The van der Waals surface area contributed by atoms with E-state index < -0.39 is 10.0 Å². The molecule has 6 nitrogen and oxygen atoms in total. The summed E-state index contributed by atoms with van der Waals surface area (Å²) in [6, 6.07) is 14.7. The second-order valence-corrected chi connectivity index (χ2v) is 10.5. The highest BCUT2D eigenvalue weighted by molar-refractivity contribution is 7.89. The molecule has 0 aromatic heterocycles. The van der Waals surface area contributed by atoms with E-state index in [0.717, 1.165) is 5.56 Å². The summed E-state index contributed by atoms with van der Waals surface area (Å²) in [6.45, 7) is 7.98. The second-order valence-electron chi connectivity index (χ2n) is 8.54. The fourth-order valence-corrected chi connectivity index (χ4v) is 4.78. The molecule has 0 unspecified atom stereocenters. The zero-order valence-electron chi connectivity index (χ0n) is 17.8. The Labute approximate surface area is 179 Å². The Morgan fingerprint density at radius 3 is 2.37 bits per heavy atom. The van der Waals surface area contributed by atoms with E-state index in [1.54, 1.807) is 18.2 Å². The van der Waals surface area contributed by atoms with Crippen LogP contribution in [0.4, 0.5) is 5.69 Å². The van der Waals surface area contributed by atoms with E-state index in [1.807, 2.05) is 0 Å². The molecule has 0 atom stereocenters. The molecule has 0 saturated carbocycles. The number of hydrogen-bond acceptors (Lipinski definition) is 4. The minimum Gasteiger partial charge on any atom is -0.379 e. The van der Waals surface area contributed by atoms with Crippen molar-refractivity contribution in [2.75, 3.05) is 31.6 Å². The van der Waals surface area contributed by atoms with Crippen molar-refractivity contribution in [3.05, 3.63) is 59.7 Å². The number of hydrogen-bond donors (Lipinski definition) is 1. The smallest absolute Gasteiger partial charge is 0.243 e. The number of sulfonamides is 1. The average Bonchev–Trinajstić information content (AvgIpc) is 2.73. The van der Waals surface area contributed by atoms with E-state index in [4.69, 9.17) is 4.74 Å². The molecule has 30 heavy (non-hydrogen) atoms. The van der Waals surface area contributed by atoms with Crippen LogP contribution in [0.5, 0.6) is 0 Å². The summed E-state index contributed by atoms with van der Waals surface area (Å²) in [5.41, 5.74) is 2.94. The summed E-state index contributed by atoms with van der Waals surface area (Å²) in [7, 11) is -3.59. The van der Waals surface area contributed by atoms with Crippen LogP contribution < -0.4 is 5.32 Å². The third-order valence-corrected chi connectivity index (χ3v) is 7.08. The maximum Gasteiger partial charge on any atom is 0.243 e. The van der Waals surface area contributed by atoms with Crippen molar-refractivity contribution in [1.29, 1.82) is 0 Å². The summed E-state index contributed by atoms with van der Waals surface area (Å²) in [5, 5.41) is 2.82. The normalized spacial score (nSPS) is 15.7. The number of rotatable bonds is 6. The van der Waals surface area contributed by atoms with Crippen LogP contribution in [0.25, 0.3) is 0 Å². The van der Waals surface area contributed by atoms with Gasteiger partial charge in [0.05, 0.1) is 18.1 Å². The van der Waals surface area contributed by atoms with Gasteiger partial charge in [-0.05, 0) is 41.2 Å². The number of amides is 1. The number of morpholine rings is 1. The predicted octanol–water partition coefficient (Wildman–Crippen LogP) is 3.58. The summed E-state index contributed by atoms with van der Waals surface area (Å²) >= 11 is 0. The Bertz CT molecular complexity index is 973. The van der Waals surface area contributed by atoms with Gasteiger partial charge in [0.1, 0.15) is 0 Å². The van der Waals surface area contributed by atoms with Gasteiger partial charge < -0.3 is 10.1 Å². The molecule has 7 heteroatoms. The molecule has 2 aromatic carbocycles. The molecule has 1 heterocycles. The third-order valence-electron chi connectivity index (χ3n) is 5.19. The highest BCUT2D eigenvalue weighted by atomic mass is 32.2. The van der Waals surface area contributed by atoms with Crippen molar-refractivity contribution in [3.8, 4) is 0 Å². The molecular formula is C23H30N2O4S. The highest BCUT2D eigenvalue weighted by Gasteiger charge is 2.26. The second kappa shape index (κ2) is 9.29. The Morgan fingerprint density at radius 1 is 1.07 bits per heavy atom. The van der Waals surface area contributed by atoms with Gasteiger partial charge in [-0.3, -0.25) is 4.79 Å². The first-order valence-electron chi connectivity index (χ1n) is 10.2. The van der Waals surface area contributed by atoms with Crippen molar-refractivity contribution < 1.29 is 17.9 Å². The van der Waals surface area contributed by atoms with Crippen molar-refractivity contribution in [3.63, 3.8) is 0 Å². The molecule has 0 spiro atoms. The Kier molecular flexibility index (Phi) is 6.95. The molecule has 162 valence electrons. The number of aryl methyl sites for hydroxylation is 1. The van der Waals surface area contributed by atoms with Gasteiger partial charge in [0.15, 0.2) is 0 Å². The maximum absolute atomic E-state index is 12.8. The van der Waals surface area contributed by atoms with Gasteiger partial charge in [0.25, 0.3) is 0 Å². The highest BCUT2D eigenvalue weighted by Crippen LogP contribution is 2.23. The lowest BCUT2D eigenvalue weighted by molar-refractivity contribution is -0.116. The first-order valence-corrected chi connectivity index (χ1v) is 11.7. The molecule has 1 saturated heterocycles. The number of nitrogens with one attached hydrogen (secondary N) is 1. The summed E-state index contributed by atoms with van der Waals surface area (Å²) in [5.74, 6) is -0.143. The van der Waals surface area contributed by atoms with Gasteiger partial charge in [-0.25, -0.2) is 8.42 Å². The quantitative estimate of drug-likeness (QED) is 0.760. The maximum atomic E-state index is 12.8. The Hall–Kier alpha value is -2.22. The minimum atomic E-state index is -3.59. The topological polar surface area (TPSA) is 75.7 Å². The average molecular weight is 431 g/mol. The largest absolute Gasteiger partial charge is 0.379 e. The fraction of sp³-hybridized carbons (Fsp3) is 0.435. The van der Waals surface area contributed by atoms with Gasteiger partial charge in [-0.1, -0.05) is 51.1 Å². The standard InChI is InChI=1S/C23H30N2O4S/c1-23(2,3)19-10-7-18(8-11-19)9-12-22(26)24-20-5-4-6-21(17-20)30(27,28)25-13-15-29-16-14-25/h4-8,10-11,17H,9,12-16H2,1-3H3,(H,24,26). The predicted molar refractivity (Wildman–Crippen MR) is 118 cm³/mol. The van der Waals surface area contributed by atoms with E-state index >= 15 is 0 Å². The van der Waals surface area contributed by atoms with Crippen LogP contribution in [0, 0.1) is 0 Å². The van der Waals surface area contributed by atoms with Gasteiger partial charge in [-0.2, -0.15) is 4.31 Å². The lowest BCUT2D eigenvalue weighted by Crippen LogP contribution is -2.40. The molecule has 1 aliphatic rings. The van der Waals surface area contributed by atoms with Gasteiger partial charge >= 0.3 is 0 Å². The SMILES string of the molecule is CC(C)(C)c1ccc(CCC(=O)Nc2cccc(S(=O)(=O)N3CCOCC3)c2)cc1. The molecular weight excluding hydrogens is 400 g/mol. The van der Waals surface area contributed by atoms with E-state index in [0.29, 0.717) is 44.8 Å². The minimum absolute atomic E-state index is 0.0997. The van der Waals surface area contributed by atoms with Crippen LogP contribution in [-0.2, 0) is 31.4 Å². The molecule has 1 amide bonds. The molecule has 0 bridgehead atoms. The number of nitrogens with zero attached hydrogens (tertiary/aromatic N) is 1. The summed E-state index contributed by atoms with van der Waals surface area (Å²) < 4.78 is 32.2. The number of ether oxygens (including phenoxy) is 1. The van der Waals surface area contributed by atoms with Crippen molar-refractivity contribution in [2.45, 2.75) is 43.9 Å². The first kappa shape index (κ1) is 22.5. The van der Waals surface area contributed by atoms with E-state index in [2.05, 4.69) is 50.4 Å². The van der Waals surface area contributed by atoms with Crippen LogP contribution in [0.2, 0.25) is 0 Å². The van der Waals surface area contributed by atoms with E-state index in [9.17, 15) is 13.2 Å². The van der Waals surface area contributed by atoms with Crippen LogP contribution in [0.15, 0.2) is 53.4 Å². The molecule has 3 rings (SSSR count). The van der Waals surface area contributed by atoms with Gasteiger partial charge in [0.2, 0.25) is 15.9 Å². The summed E-state index contributed by atoms with van der Waals surface area (Å²) in [6.07, 6.45) is 0.956. The molecule has 1 N–H and O–H groups in total. The molecule has 1 fully saturated rings. The lowest BCUT2D eigenvalue weighted by atomic mass is 9.86. The van der Waals surface area contributed by atoms with E-state index in [-0.39, 0.29) is 16.2 Å². The van der Waals surface area contributed by atoms with Crippen molar-refractivity contribution in [2.24, 2.45) is 0 Å². The Morgan fingerprint density at radius 2 is 1.73 bits per heavy atom. The van der Waals surface area contributed by atoms with Crippen LogP contribution in [0.3, 0.4) is 0 Å². The Balaban J connectivity index is 1.60. The molecule has 0 radical (unpaired) electrons. The monoisotopic (exact) mass is 430 g/mol. The van der Waals surface area contributed by atoms with E-state index in [1.165, 1.54) is 15.9 Å². The van der Waals surface area contributed by atoms with Crippen LogP contribution >= 0.6 is 0 Å².